The number of nitrogens with one attached hydrogen (secondary N) is 1. The molecule has 0 aliphatic carbocycles. The number of hydrogen-bond acceptors (Lipinski definition) is 5. The number of halogens is 1. The van der Waals surface area contributed by atoms with Crippen LogP contribution in [0, 0.1) is 0 Å². The second-order valence-corrected chi connectivity index (χ2v) is 5.34. The van der Waals surface area contributed by atoms with Crippen molar-refractivity contribution in [2.75, 3.05) is 7.05 Å². The van der Waals surface area contributed by atoms with Gasteiger partial charge in [-0.15, -0.1) is 12.4 Å². The Morgan fingerprint density at radius 1 is 1.35 bits per heavy atom. The lowest BCUT2D eigenvalue weighted by Crippen LogP contribution is -2.24. The highest BCUT2D eigenvalue weighted by Crippen LogP contribution is 2.19. The monoisotopic (exact) mass is 333 g/mol. The standard InChI is InChI=1S/C16H19N5O.ClH/c1-12(17-2)8-15-19-16(22-20-15)14-5-3-4-13(9-14)10-21-7-6-18-11-21;/h3-7,9,11-12,17H,8,10H2,1-2H3;1H. The average molecular weight is 334 g/mol. The van der Waals surface area contributed by atoms with E-state index in [9.17, 15) is 0 Å². The number of benzene rings is 1. The number of hydrogen-bond donors (Lipinski definition) is 1. The summed E-state index contributed by atoms with van der Waals surface area (Å²) in [6.07, 6.45) is 6.26. The van der Waals surface area contributed by atoms with Crippen LogP contribution in [-0.4, -0.2) is 32.8 Å². The van der Waals surface area contributed by atoms with Gasteiger partial charge in [0, 0.05) is 37.0 Å². The minimum atomic E-state index is 0. The van der Waals surface area contributed by atoms with Crippen molar-refractivity contribution in [3.05, 3.63) is 54.4 Å². The lowest BCUT2D eigenvalue weighted by atomic mass is 10.1. The number of likely N-dealkylation sites (N-methyl/N-ethyl adjacent to an activating group) is 1. The Bertz CT molecular complexity index is 726. The fraction of sp³-hybridized carbons (Fsp3) is 0.312. The molecule has 0 spiro atoms. The van der Waals surface area contributed by atoms with Crippen LogP contribution < -0.4 is 5.32 Å². The van der Waals surface area contributed by atoms with Crippen molar-refractivity contribution in [2.24, 2.45) is 0 Å². The van der Waals surface area contributed by atoms with Gasteiger partial charge in [0.15, 0.2) is 5.82 Å². The molecule has 0 saturated heterocycles. The first-order chi connectivity index (χ1) is 10.7. The molecule has 0 aliphatic heterocycles. The quantitative estimate of drug-likeness (QED) is 0.750. The molecule has 7 heteroatoms. The molecule has 1 unspecified atom stereocenters. The van der Waals surface area contributed by atoms with E-state index in [1.165, 1.54) is 5.56 Å². The van der Waals surface area contributed by atoms with Crippen LogP contribution in [0.3, 0.4) is 0 Å². The molecule has 0 bridgehead atoms. The van der Waals surface area contributed by atoms with E-state index in [1.807, 2.05) is 29.9 Å². The summed E-state index contributed by atoms with van der Waals surface area (Å²) in [7, 11) is 1.92. The Morgan fingerprint density at radius 2 is 2.22 bits per heavy atom. The zero-order valence-corrected chi connectivity index (χ0v) is 14.0. The summed E-state index contributed by atoms with van der Waals surface area (Å²) in [6.45, 7) is 2.85. The lowest BCUT2D eigenvalue weighted by molar-refractivity contribution is 0.418. The van der Waals surface area contributed by atoms with Gasteiger partial charge in [-0.25, -0.2) is 4.98 Å². The highest BCUT2D eigenvalue weighted by Gasteiger charge is 2.11. The maximum atomic E-state index is 5.38. The number of nitrogens with zero attached hydrogens (tertiary/aromatic N) is 4. The summed E-state index contributed by atoms with van der Waals surface area (Å²) >= 11 is 0. The van der Waals surface area contributed by atoms with Crippen molar-refractivity contribution in [1.29, 1.82) is 0 Å². The fourth-order valence-corrected chi connectivity index (χ4v) is 2.22. The van der Waals surface area contributed by atoms with Gasteiger partial charge < -0.3 is 14.4 Å². The van der Waals surface area contributed by atoms with Crippen LogP contribution >= 0.6 is 12.4 Å². The molecular weight excluding hydrogens is 314 g/mol. The topological polar surface area (TPSA) is 68.8 Å². The molecule has 0 saturated carbocycles. The summed E-state index contributed by atoms with van der Waals surface area (Å²) in [5.41, 5.74) is 2.10. The van der Waals surface area contributed by atoms with Crippen molar-refractivity contribution in [3.8, 4) is 11.5 Å². The van der Waals surface area contributed by atoms with Crippen LogP contribution in [-0.2, 0) is 13.0 Å². The minimum Gasteiger partial charge on any atom is -0.334 e. The third-order valence-electron chi connectivity index (χ3n) is 3.55. The van der Waals surface area contributed by atoms with Crippen molar-refractivity contribution >= 4 is 12.4 Å². The molecule has 2 aromatic heterocycles. The van der Waals surface area contributed by atoms with Gasteiger partial charge >= 0.3 is 0 Å². The highest BCUT2D eigenvalue weighted by atomic mass is 35.5. The molecule has 0 amide bonds. The predicted octanol–water partition coefficient (Wildman–Crippen LogP) is 2.55. The Hall–Kier alpha value is -2.18. The third-order valence-corrected chi connectivity index (χ3v) is 3.55. The summed E-state index contributed by atoms with van der Waals surface area (Å²) in [5, 5.41) is 7.21. The highest BCUT2D eigenvalue weighted by molar-refractivity contribution is 5.85. The molecule has 1 atom stereocenters. The normalized spacial score (nSPS) is 11.9. The van der Waals surface area contributed by atoms with E-state index in [0.717, 1.165) is 24.4 Å². The Kier molecular flexibility index (Phi) is 5.90. The Labute approximate surface area is 141 Å². The van der Waals surface area contributed by atoms with E-state index < -0.39 is 0 Å². The SMILES string of the molecule is CNC(C)Cc1noc(-c2cccc(Cn3ccnc3)c2)n1.Cl. The molecular formula is C16H20ClN5O. The van der Waals surface area contributed by atoms with Crippen molar-refractivity contribution in [1.82, 2.24) is 25.0 Å². The molecule has 1 N–H and O–H groups in total. The van der Waals surface area contributed by atoms with Crippen molar-refractivity contribution in [3.63, 3.8) is 0 Å². The van der Waals surface area contributed by atoms with Gasteiger partial charge in [-0.1, -0.05) is 17.3 Å². The summed E-state index contributed by atoms with van der Waals surface area (Å²) < 4.78 is 7.40. The van der Waals surface area contributed by atoms with Gasteiger partial charge in [-0.2, -0.15) is 4.98 Å². The molecule has 3 rings (SSSR count). The zero-order chi connectivity index (χ0) is 15.4. The third kappa shape index (κ3) is 4.40. The molecule has 2 heterocycles. The Balaban J connectivity index is 0.00000192. The predicted molar refractivity (Wildman–Crippen MR) is 90.5 cm³/mol. The summed E-state index contributed by atoms with van der Waals surface area (Å²) in [4.78, 5) is 8.52. The van der Waals surface area contributed by atoms with Gasteiger partial charge in [0.25, 0.3) is 5.89 Å². The molecule has 23 heavy (non-hydrogen) atoms. The van der Waals surface area contributed by atoms with E-state index in [1.54, 1.807) is 12.5 Å². The number of rotatable bonds is 6. The first kappa shape index (κ1) is 17.2. The first-order valence-electron chi connectivity index (χ1n) is 7.29. The number of imidazole rings is 1. The van der Waals surface area contributed by atoms with Crippen LogP contribution in [0.15, 0.2) is 47.5 Å². The van der Waals surface area contributed by atoms with Crippen molar-refractivity contribution in [2.45, 2.75) is 25.9 Å². The van der Waals surface area contributed by atoms with E-state index in [-0.39, 0.29) is 12.4 Å². The molecule has 0 aliphatic rings. The minimum absolute atomic E-state index is 0. The maximum absolute atomic E-state index is 5.38. The molecule has 0 fully saturated rings. The molecule has 1 aromatic carbocycles. The molecule has 3 aromatic rings. The fourth-order valence-electron chi connectivity index (χ4n) is 2.22. The maximum Gasteiger partial charge on any atom is 0.257 e. The van der Waals surface area contributed by atoms with Crippen LogP contribution in [0.4, 0.5) is 0 Å². The van der Waals surface area contributed by atoms with E-state index in [2.05, 4.69) is 39.5 Å². The van der Waals surface area contributed by atoms with Gasteiger partial charge in [-0.05, 0) is 31.7 Å². The van der Waals surface area contributed by atoms with E-state index in [4.69, 9.17) is 4.52 Å². The summed E-state index contributed by atoms with van der Waals surface area (Å²) in [5.74, 6) is 1.28. The van der Waals surface area contributed by atoms with Crippen LogP contribution in [0.25, 0.3) is 11.5 Å². The van der Waals surface area contributed by atoms with Gasteiger partial charge in [0.05, 0.1) is 6.33 Å². The second kappa shape index (κ2) is 7.89. The van der Waals surface area contributed by atoms with Gasteiger partial charge in [-0.3, -0.25) is 0 Å². The summed E-state index contributed by atoms with van der Waals surface area (Å²) in [6, 6.07) is 8.44. The van der Waals surface area contributed by atoms with E-state index in [0.29, 0.717) is 11.9 Å². The van der Waals surface area contributed by atoms with Crippen LogP contribution in [0.2, 0.25) is 0 Å². The smallest absolute Gasteiger partial charge is 0.257 e. The molecule has 0 radical (unpaired) electrons. The Morgan fingerprint density at radius 3 is 2.96 bits per heavy atom. The van der Waals surface area contributed by atoms with E-state index >= 15 is 0 Å². The van der Waals surface area contributed by atoms with Crippen LogP contribution in [0.5, 0.6) is 0 Å². The molecule has 122 valence electrons. The second-order valence-electron chi connectivity index (χ2n) is 5.34. The van der Waals surface area contributed by atoms with Crippen LogP contribution in [0.1, 0.15) is 18.3 Å². The molecule has 6 nitrogen and oxygen atoms in total. The van der Waals surface area contributed by atoms with Gasteiger partial charge in [0.2, 0.25) is 0 Å². The lowest BCUT2D eigenvalue weighted by Gasteiger charge is -2.05. The first-order valence-corrected chi connectivity index (χ1v) is 7.29. The van der Waals surface area contributed by atoms with Crippen molar-refractivity contribution < 1.29 is 4.52 Å². The number of aromatic nitrogens is 4. The zero-order valence-electron chi connectivity index (χ0n) is 13.1. The largest absolute Gasteiger partial charge is 0.334 e. The van der Waals surface area contributed by atoms with Gasteiger partial charge in [0.1, 0.15) is 0 Å². The average Bonchev–Trinajstić information content (AvgIpc) is 3.19.